The summed E-state index contributed by atoms with van der Waals surface area (Å²) in [5.41, 5.74) is 1.18. The molecular formula is C10H9N3S2. The summed E-state index contributed by atoms with van der Waals surface area (Å²) in [6, 6.07) is 10.1. The van der Waals surface area contributed by atoms with E-state index in [9.17, 15) is 0 Å². The van der Waals surface area contributed by atoms with Gasteiger partial charge in [0.25, 0.3) is 0 Å². The second kappa shape index (κ2) is 4.46. The molecule has 0 amide bonds. The monoisotopic (exact) mass is 235 g/mol. The molecule has 3 nitrogen and oxygen atoms in total. The van der Waals surface area contributed by atoms with Gasteiger partial charge >= 0.3 is 0 Å². The van der Waals surface area contributed by atoms with Gasteiger partial charge in [0.05, 0.1) is 6.54 Å². The molecule has 0 aliphatic carbocycles. The zero-order chi connectivity index (χ0) is 10.7. The predicted molar refractivity (Wildman–Crippen MR) is 63.8 cm³/mol. The highest BCUT2D eigenvalue weighted by atomic mass is 32.1. The minimum atomic E-state index is 0.421. The van der Waals surface area contributed by atoms with Crippen LogP contribution in [0.25, 0.3) is 0 Å². The van der Waals surface area contributed by atoms with Gasteiger partial charge in [0.15, 0.2) is 9.54 Å². The standard InChI is InChI=1S/C10H9N3S2/c14-9-11-7-13(10(15)12-9)6-8-4-2-1-3-5-8/h1-5,7H,6H2,(H,12,14,15). The molecule has 0 saturated heterocycles. The van der Waals surface area contributed by atoms with Crippen molar-refractivity contribution >= 4 is 24.4 Å². The van der Waals surface area contributed by atoms with Crippen LogP contribution in [0.2, 0.25) is 0 Å². The van der Waals surface area contributed by atoms with Crippen molar-refractivity contribution in [2.24, 2.45) is 0 Å². The van der Waals surface area contributed by atoms with E-state index < -0.39 is 0 Å². The molecule has 1 heterocycles. The summed E-state index contributed by atoms with van der Waals surface area (Å²) in [4.78, 5) is 6.83. The van der Waals surface area contributed by atoms with Crippen LogP contribution in [0.5, 0.6) is 0 Å². The third-order valence-corrected chi connectivity index (χ3v) is 2.53. The molecule has 0 spiro atoms. The lowest BCUT2D eigenvalue weighted by Gasteiger charge is -2.05. The van der Waals surface area contributed by atoms with Crippen molar-refractivity contribution in [3.63, 3.8) is 0 Å². The second-order valence-corrected chi connectivity index (χ2v) is 3.87. The van der Waals surface area contributed by atoms with Crippen LogP contribution in [0.4, 0.5) is 0 Å². The molecule has 0 atom stereocenters. The number of nitrogens with zero attached hydrogens (tertiary/aromatic N) is 2. The molecule has 15 heavy (non-hydrogen) atoms. The van der Waals surface area contributed by atoms with Crippen molar-refractivity contribution < 1.29 is 0 Å². The van der Waals surface area contributed by atoms with Crippen LogP contribution in [0.15, 0.2) is 36.7 Å². The summed E-state index contributed by atoms with van der Waals surface area (Å²) in [5.74, 6) is 0. The van der Waals surface area contributed by atoms with Crippen molar-refractivity contribution in [2.75, 3.05) is 0 Å². The first-order valence-corrected chi connectivity index (χ1v) is 5.27. The van der Waals surface area contributed by atoms with Gasteiger partial charge in [-0.25, -0.2) is 4.98 Å². The third-order valence-electron chi connectivity index (χ3n) is 1.98. The highest BCUT2D eigenvalue weighted by molar-refractivity contribution is 7.71. The minimum absolute atomic E-state index is 0.421. The molecule has 0 aliphatic rings. The first-order chi connectivity index (χ1) is 7.25. The molecule has 76 valence electrons. The SMILES string of the molecule is S=c1ncn(Cc2ccccc2)c(=S)[nH]1. The molecule has 0 aliphatic heterocycles. The van der Waals surface area contributed by atoms with Crippen molar-refractivity contribution in [2.45, 2.75) is 6.54 Å². The quantitative estimate of drug-likeness (QED) is 0.813. The van der Waals surface area contributed by atoms with Gasteiger partial charge in [0.2, 0.25) is 0 Å². The van der Waals surface area contributed by atoms with E-state index in [-0.39, 0.29) is 0 Å². The Hall–Kier alpha value is -1.33. The predicted octanol–water partition coefficient (Wildman–Crippen LogP) is 2.72. The molecule has 0 radical (unpaired) electrons. The Morgan fingerprint density at radius 2 is 1.93 bits per heavy atom. The Labute approximate surface area is 97.4 Å². The molecule has 1 N–H and O–H groups in total. The number of nitrogens with one attached hydrogen (secondary N) is 1. The van der Waals surface area contributed by atoms with Crippen LogP contribution >= 0.6 is 24.4 Å². The number of hydrogen-bond donors (Lipinski definition) is 1. The van der Waals surface area contributed by atoms with E-state index in [0.29, 0.717) is 16.1 Å². The van der Waals surface area contributed by atoms with Gasteiger partial charge < -0.3 is 9.55 Å². The van der Waals surface area contributed by atoms with E-state index in [1.165, 1.54) is 5.56 Å². The Balaban J connectivity index is 2.33. The third kappa shape index (κ3) is 2.57. The lowest BCUT2D eigenvalue weighted by Crippen LogP contribution is -2.04. The summed E-state index contributed by atoms with van der Waals surface area (Å²) in [6.45, 7) is 0.707. The topological polar surface area (TPSA) is 33.6 Å². The van der Waals surface area contributed by atoms with Gasteiger partial charge in [-0.3, -0.25) is 0 Å². The molecule has 2 rings (SSSR count). The number of benzene rings is 1. The highest BCUT2D eigenvalue weighted by Crippen LogP contribution is 2.01. The van der Waals surface area contributed by atoms with Crippen LogP contribution in [-0.2, 0) is 6.54 Å². The summed E-state index contributed by atoms with van der Waals surface area (Å²) in [5, 5.41) is 0. The lowest BCUT2D eigenvalue weighted by atomic mass is 10.2. The second-order valence-electron chi connectivity index (χ2n) is 3.09. The average Bonchev–Trinajstić information content (AvgIpc) is 2.24. The number of aromatic nitrogens is 3. The Kier molecular flexibility index (Phi) is 3.03. The lowest BCUT2D eigenvalue weighted by molar-refractivity contribution is 0.718. The van der Waals surface area contributed by atoms with Crippen LogP contribution in [0.3, 0.4) is 0 Å². The van der Waals surface area contributed by atoms with Crippen molar-refractivity contribution in [3.8, 4) is 0 Å². The fourth-order valence-electron chi connectivity index (χ4n) is 1.26. The molecule has 0 unspecified atom stereocenters. The van der Waals surface area contributed by atoms with Crippen LogP contribution < -0.4 is 0 Å². The van der Waals surface area contributed by atoms with Crippen LogP contribution in [-0.4, -0.2) is 14.5 Å². The Bertz CT molecular complexity index is 557. The van der Waals surface area contributed by atoms with Gasteiger partial charge in [-0.15, -0.1) is 0 Å². The van der Waals surface area contributed by atoms with Crippen LogP contribution in [0, 0.1) is 9.54 Å². The number of H-pyrrole nitrogens is 1. The molecule has 2 aromatic rings. The number of hydrogen-bond acceptors (Lipinski definition) is 3. The summed E-state index contributed by atoms with van der Waals surface area (Å²) in [7, 11) is 0. The molecule has 1 aromatic carbocycles. The number of aromatic amines is 1. The van der Waals surface area contributed by atoms with Crippen LogP contribution in [0.1, 0.15) is 5.56 Å². The van der Waals surface area contributed by atoms with Gasteiger partial charge in [0.1, 0.15) is 6.33 Å². The first-order valence-electron chi connectivity index (χ1n) is 4.45. The number of rotatable bonds is 2. The van der Waals surface area contributed by atoms with E-state index >= 15 is 0 Å². The zero-order valence-corrected chi connectivity index (χ0v) is 9.52. The van der Waals surface area contributed by atoms with Gasteiger partial charge in [0, 0.05) is 0 Å². The molecule has 1 aromatic heterocycles. The highest BCUT2D eigenvalue weighted by Gasteiger charge is 1.94. The maximum absolute atomic E-state index is 5.14. The zero-order valence-electron chi connectivity index (χ0n) is 7.88. The van der Waals surface area contributed by atoms with E-state index in [2.05, 4.69) is 9.97 Å². The van der Waals surface area contributed by atoms with Crippen molar-refractivity contribution in [1.29, 1.82) is 0 Å². The maximum Gasteiger partial charge on any atom is 0.200 e. The fourth-order valence-corrected chi connectivity index (χ4v) is 1.68. The van der Waals surface area contributed by atoms with Crippen molar-refractivity contribution in [1.82, 2.24) is 14.5 Å². The Morgan fingerprint density at radius 3 is 2.60 bits per heavy atom. The van der Waals surface area contributed by atoms with Gasteiger partial charge in [-0.05, 0) is 30.0 Å². The summed E-state index contributed by atoms with van der Waals surface area (Å²) < 4.78 is 2.86. The molecule has 5 heteroatoms. The largest absolute Gasteiger partial charge is 0.308 e. The van der Waals surface area contributed by atoms with E-state index in [1.54, 1.807) is 6.33 Å². The van der Waals surface area contributed by atoms with Gasteiger partial charge in [-0.1, -0.05) is 30.3 Å². The van der Waals surface area contributed by atoms with Crippen molar-refractivity contribution in [3.05, 3.63) is 51.8 Å². The first kappa shape index (κ1) is 10.2. The molecule has 0 fully saturated rings. The molecule has 0 bridgehead atoms. The fraction of sp³-hybridized carbons (Fsp3) is 0.100. The van der Waals surface area contributed by atoms with E-state index in [0.717, 1.165) is 0 Å². The smallest absolute Gasteiger partial charge is 0.200 e. The minimum Gasteiger partial charge on any atom is -0.308 e. The average molecular weight is 235 g/mol. The van der Waals surface area contributed by atoms with Gasteiger partial charge in [-0.2, -0.15) is 0 Å². The molecule has 0 saturated carbocycles. The molecular weight excluding hydrogens is 226 g/mol. The summed E-state index contributed by atoms with van der Waals surface area (Å²) in [6.07, 6.45) is 1.66. The van der Waals surface area contributed by atoms with E-state index in [1.807, 2.05) is 34.9 Å². The van der Waals surface area contributed by atoms with E-state index in [4.69, 9.17) is 24.4 Å². The maximum atomic E-state index is 5.14. The normalized spacial score (nSPS) is 10.1. The Morgan fingerprint density at radius 1 is 1.20 bits per heavy atom. The summed E-state index contributed by atoms with van der Waals surface area (Å²) >= 11 is 10.0.